The Kier molecular flexibility index (Phi) is 5.17. The Balaban J connectivity index is 2.24. The molecule has 1 N–H and O–H groups in total. The molecule has 0 unspecified atom stereocenters. The number of aromatic carboxylic acids is 1. The zero-order chi connectivity index (χ0) is 15.4. The highest BCUT2D eigenvalue weighted by Gasteiger charge is 2.22. The van der Waals surface area contributed by atoms with Crippen molar-refractivity contribution in [2.75, 3.05) is 38.6 Å². The van der Waals surface area contributed by atoms with Crippen molar-refractivity contribution >= 4 is 11.8 Å². The maximum atomic E-state index is 11.5. The molecule has 0 spiro atoms. The Morgan fingerprint density at radius 1 is 1.33 bits per heavy atom. The fraction of sp³-hybridized carbons (Fsp3) is 0.625. The number of anilines is 1. The summed E-state index contributed by atoms with van der Waals surface area (Å²) in [5.41, 5.74) is 2.55. The third kappa shape index (κ3) is 3.73. The third-order valence-corrected chi connectivity index (χ3v) is 3.98. The minimum absolute atomic E-state index is 0.349. The lowest BCUT2D eigenvalue weighted by Gasteiger charge is -2.25. The largest absolute Gasteiger partial charge is 0.478 e. The van der Waals surface area contributed by atoms with Crippen molar-refractivity contribution in [3.05, 3.63) is 22.9 Å². The fourth-order valence-electron chi connectivity index (χ4n) is 2.85. The number of nitrogens with zero attached hydrogens (tertiary/aromatic N) is 3. The van der Waals surface area contributed by atoms with Crippen molar-refractivity contribution in [1.29, 1.82) is 0 Å². The highest BCUT2D eigenvalue weighted by atomic mass is 16.4. The number of fused-ring (bicyclic) bond motifs is 1. The second kappa shape index (κ2) is 6.89. The quantitative estimate of drug-likeness (QED) is 0.833. The molecular weight excluding hydrogens is 266 g/mol. The van der Waals surface area contributed by atoms with Gasteiger partial charge in [0.05, 0.1) is 0 Å². The molecule has 1 aliphatic carbocycles. The Hall–Kier alpha value is -1.62. The highest BCUT2D eigenvalue weighted by Crippen LogP contribution is 2.27. The predicted octanol–water partition coefficient (Wildman–Crippen LogP) is 2.05. The molecule has 5 nitrogen and oxygen atoms in total. The topological polar surface area (TPSA) is 56.7 Å². The van der Waals surface area contributed by atoms with Gasteiger partial charge in [-0.2, -0.15) is 0 Å². The van der Waals surface area contributed by atoms with Crippen molar-refractivity contribution in [3.8, 4) is 0 Å². The minimum atomic E-state index is -0.877. The first-order chi connectivity index (χ1) is 10.0. The van der Waals surface area contributed by atoms with Crippen LogP contribution in [0.25, 0.3) is 0 Å². The molecule has 0 radical (unpaired) electrons. The molecule has 0 amide bonds. The van der Waals surface area contributed by atoms with Gasteiger partial charge in [0, 0.05) is 18.8 Å². The van der Waals surface area contributed by atoms with E-state index in [1.807, 2.05) is 20.2 Å². The van der Waals surface area contributed by atoms with E-state index in [1.54, 1.807) is 0 Å². The van der Waals surface area contributed by atoms with Crippen LogP contribution in [0.2, 0.25) is 0 Å². The van der Waals surface area contributed by atoms with Crippen molar-refractivity contribution < 1.29 is 9.90 Å². The van der Waals surface area contributed by atoms with E-state index in [0.717, 1.165) is 56.6 Å². The number of carboxylic acids is 1. The lowest BCUT2D eigenvalue weighted by molar-refractivity contribution is 0.0697. The van der Waals surface area contributed by atoms with E-state index in [1.165, 1.54) is 0 Å². The van der Waals surface area contributed by atoms with Crippen LogP contribution in [0.15, 0.2) is 6.07 Å². The molecule has 116 valence electrons. The number of carboxylic acid groups (broad SMARTS) is 1. The van der Waals surface area contributed by atoms with E-state index in [4.69, 9.17) is 0 Å². The second-order valence-corrected chi connectivity index (χ2v) is 5.86. The van der Waals surface area contributed by atoms with E-state index in [9.17, 15) is 9.90 Å². The standard InChI is InChI=1S/C16H25N3O2/c1-4-19(10-6-9-18(2)3)15-13(16(20)21)11-12-7-5-8-14(12)17-15/h11H,4-10H2,1-3H3,(H,20,21). The fourth-order valence-corrected chi connectivity index (χ4v) is 2.85. The first kappa shape index (κ1) is 15.8. The van der Waals surface area contributed by atoms with Crippen LogP contribution < -0.4 is 4.90 Å². The predicted molar refractivity (Wildman–Crippen MR) is 84.3 cm³/mol. The normalized spacial score (nSPS) is 13.5. The van der Waals surface area contributed by atoms with Crippen molar-refractivity contribution in [1.82, 2.24) is 9.88 Å². The Bertz CT molecular complexity index is 514. The van der Waals surface area contributed by atoms with Gasteiger partial charge >= 0.3 is 5.97 Å². The van der Waals surface area contributed by atoms with E-state index in [-0.39, 0.29) is 0 Å². The van der Waals surface area contributed by atoms with Gasteiger partial charge in [0.2, 0.25) is 0 Å². The first-order valence-corrected chi connectivity index (χ1v) is 7.68. The van der Waals surface area contributed by atoms with Gasteiger partial charge in [-0.3, -0.25) is 0 Å². The van der Waals surface area contributed by atoms with E-state index < -0.39 is 5.97 Å². The number of aryl methyl sites for hydroxylation is 2. The molecule has 5 heteroatoms. The molecule has 0 fully saturated rings. The molecule has 2 rings (SSSR count). The lowest BCUT2D eigenvalue weighted by atomic mass is 10.1. The van der Waals surface area contributed by atoms with Gasteiger partial charge < -0.3 is 14.9 Å². The van der Waals surface area contributed by atoms with Crippen LogP contribution >= 0.6 is 0 Å². The minimum Gasteiger partial charge on any atom is -0.478 e. The van der Waals surface area contributed by atoms with Crippen molar-refractivity contribution in [3.63, 3.8) is 0 Å². The summed E-state index contributed by atoms with van der Waals surface area (Å²) >= 11 is 0. The smallest absolute Gasteiger partial charge is 0.339 e. The lowest BCUT2D eigenvalue weighted by Crippen LogP contribution is -2.29. The number of pyridine rings is 1. The Morgan fingerprint density at radius 2 is 2.10 bits per heavy atom. The molecule has 1 heterocycles. The van der Waals surface area contributed by atoms with E-state index in [2.05, 4.69) is 21.7 Å². The Morgan fingerprint density at radius 3 is 2.71 bits per heavy atom. The summed E-state index contributed by atoms with van der Waals surface area (Å²) in [6, 6.07) is 1.83. The van der Waals surface area contributed by atoms with Crippen LogP contribution in [0.4, 0.5) is 5.82 Å². The van der Waals surface area contributed by atoms with Crippen molar-refractivity contribution in [2.45, 2.75) is 32.6 Å². The maximum absolute atomic E-state index is 11.5. The molecular formula is C16H25N3O2. The van der Waals surface area contributed by atoms with Gasteiger partial charge in [-0.25, -0.2) is 9.78 Å². The van der Waals surface area contributed by atoms with E-state index in [0.29, 0.717) is 11.4 Å². The van der Waals surface area contributed by atoms with Crippen LogP contribution in [-0.4, -0.2) is 54.7 Å². The number of hydrogen-bond donors (Lipinski definition) is 1. The molecule has 0 saturated heterocycles. The molecule has 0 atom stereocenters. The molecule has 21 heavy (non-hydrogen) atoms. The highest BCUT2D eigenvalue weighted by molar-refractivity contribution is 5.93. The van der Waals surface area contributed by atoms with E-state index >= 15 is 0 Å². The maximum Gasteiger partial charge on any atom is 0.339 e. The van der Waals surface area contributed by atoms with Crippen LogP contribution in [-0.2, 0) is 12.8 Å². The summed E-state index contributed by atoms with van der Waals surface area (Å²) in [6.45, 7) is 4.65. The average Bonchev–Trinajstić information content (AvgIpc) is 2.89. The number of rotatable bonds is 7. The summed E-state index contributed by atoms with van der Waals surface area (Å²) in [5, 5.41) is 9.48. The number of hydrogen-bond acceptors (Lipinski definition) is 4. The number of carbonyl (C=O) groups is 1. The van der Waals surface area contributed by atoms with Crippen LogP contribution in [0.5, 0.6) is 0 Å². The van der Waals surface area contributed by atoms with Gasteiger partial charge in [-0.1, -0.05) is 0 Å². The molecule has 0 aromatic carbocycles. The molecule has 0 aliphatic heterocycles. The van der Waals surface area contributed by atoms with Crippen LogP contribution in [0.1, 0.15) is 41.4 Å². The molecule has 1 aliphatic rings. The zero-order valence-electron chi connectivity index (χ0n) is 13.2. The van der Waals surface area contributed by atoms with Gasteiger partial charge in [0.15, 0.2) is 0 Å². The second-order valence-electron chi connectivity index (χ2n) is 5.86. The van der Waals surface area contributed by atoms with Gasteiger partial charge in [-0.05, 0) is 64.9 Å². The van der Waals surface area contributed by atoms with Crippen molar-refractivity contribution in [2.24, 2.45) is 0 Å². The molecule has 0 bridgehead atoms. The molecule has 1 aromatic heterocycles. The summed E-state index contributed by atoms with van der Waals surface area (Å²) < 4.78 is 0. The SMILES string of the molecule is CCN(CCCN(C)C)c1nc2c(cc1C(=O)O)CCC2. The molecule has 1 aromatic rings. The van der Waals surface area contributed by atoms with Crippen LogP contribution in [0, 0.1) is 0 Å². The first-order valence-electron chi connectivity index (χ1n) is 7.68. The monoisotopic (exact) mass is 291 g/mol. The van der Waals surface area contributed by atoms with Gasteiger partial charge in [0.1, 0.15) is 11.4 Å². The van der Waals surface area contributed by atoms with Gasteiger partial charge in [-0.15, -0.1) is 0 Å². The summed E-state index contributed by atoms with van der Waals surface area (Å²) in [6.07, 6.45) is 4.00. The molecule has 0 saturated carbocycles. The summed E-state index contributed by atoms with van der Waals surface area (Å²) in [5.74, 6) is -0.234. The van der Waals surface area contributed by atoms with Gasteiger partial charge in [0.25, 0.3) is 0 Å². The average molecular weight is 291 g/mol. The van der Waals surface area contributed by atoms with Crippen LogP contribution in [0.3, 0.4) is 0 Å². The number of aromatic nitrogens is 1. The Labute approximate surface area is 126 Å². The third-order valence-electron chi connectivity index (χ3n) is 3.98. The summed E-state index contributed by atoms with van der Waals surface area (Å²) in [4.78, 5) is 20.5. The zero-order valence-corrected chi connectivity index (χ0v) is 13.2. The summed E-state index contributed by atoms with van der Waals surface area (Å²) in [7, 11) is 4.10.